The van der Waals surface area contributed by atoms with Gasteiger partial charge in [-0.1, -0.05) is 42.5 Å². The van der Waals surface area contributed by atoms with Crippen molar-refractivity contribution >= 4 is 11.6 Å². The zero-order chi connectivity index (χ0) is 20.1. The molecule has 4 heteroatoms. The van der Waals surface area contributed by atoms with Crippen molar-refractivity contribution < 1.29 is 9.53 Å². The number of nitrogens with zero attached hydrogens (tertiary/aromatic N) is 2. The van der Waals surface area contributed by atoms with E-state index < -0.39 is 0 Å². The maximum absolute atomic E-state index is 12.7. The average molecular weight is 386 g/mol. The molecule has 1 aliphatic rings. The Hall–Kier alpha value is -3.27. The van der Waals surface area contributed by atoms with Crippen LogP contribution in [-0.4, -0.2) is 37.0 Å². The van der Waals surface area contributed by atoms with Gasteiger partial charge in [0.2, 0.25) is 5.91 Å². The Morgan fingerprint density at radius 2 is 1.41 bits per heavy atom. The van der Waals surface area contributed by atoms with Gasteiger partial charge in [-0.25, -0.2) is 0 Å². The number of hydrogen-bond donors (Lipinski definition) is 0. The molecule has 0 saturated carbocycles. The highest BCUT2D eigenvalue weighted by molar-refractivity contribution is 5.79. The van der Waals surface area contributed by atoms with E-state index in [4.69, 9.17) is 4.74 Å². The number of carbonyl (C=O) groups is 1. The molecule has 1 fully saturated rings. The van der Waals surface area contributed by atoms with E-state index >= 15 is 0 Å². The molecule has 0 N–H and O–H groups in total. The molecule has 4 nitrogen and oxygen atoms in total. The van der Waals surface area contributed by atoms with E-state index in [1.165, 1.54) is 5.56 Å². The van der Waals surface area contributed by atoms with Crippen LogP contribution in [0.15, 0.2) is 78.9 Å². The number of amides is 1. The van der Waals surface area contributed by atoms with Crippen molar-refractivity contribution in [2.45, 2.75) is 13.3 Å². The summed E-state index contributed by atoms with van der Waals surface area (Å²) >= 11 is 0. The predicted molar refractivity (Wildman–Crippen MR) is 117 cm³/mol. The SMILES string of the molecule is Cc1ccccc1CC(=O)N1CCN(c2ccc(Oc3ccccc3)cc2)CC1. The summed E-state index contributed by atoms with van der Waals surface area (Å²) in [5.41, 5.74) is 3.46. The summed E-state index contributed by atoms with van der Waals surface area (Å²) < 4.78 is 5.86. The van der Waals surface area contributed by atoms with Crippen molar-refractivity contribution in [3.8, 4) is 11.5 Å². The third kappa shape index (κ3) is 4.77. The lowest BCUT2D eigenvalue weighted by atomic mass is 10.1. The van der Waals surface area contributed by atoms with Crippen LogP contribution in [0.1, 0.15) is 11.1 Å². The summed E-state index contributed by atoms with van der Waals surface area (Å²) in [6.07, 6.45) is 0.484. The molecule has 0 atom stereocenters. The molecule has 0 spiro atoms. The first-order valence-electron chi connectivity index (χ1n) is 10.1. The zero-order valence-corrected chi connectivity index (χ0v) is 16.8. The van der Waals surface area contributed by atoms with E-state index in [9.17, 15) is 4.79 Å². The minimum Gasteiger partial charge on any atom is -0.457 e. The molecule has 0 aliphatic carbocycles. The van der Waals surface area contributed by atoms with Gasteiger partial charge in [0.05, 0.1) is 6.42 Å². The fraction of sp³-hybridized carbons (Fsp3) is 0.240. The normalized spacial score (nSPS) is 14.0. The van der Waals surface area contributed by atoms with Gasteiger partial charge in [-0.2, -0.15) is 0 Å². The summed E-state index contributed by atoms with van der Waals surface area (Å²) in [6, 6.07) is 26.1. The minimum atomic E-state index is 0.213. The number of ether oxygens (including phenoxy) is 1. The fourth-order valence-electron chi connectivity index (χ4n) is 3.65. The Kier molecular flexibility index (Phi) is 5.80. The van der Waals surface area contributed by atoms with Crippen LogP contribution >= 0.6 is 0 Å². The van der Waals surface area contributed by atoms with Gasteiger partial charge < -0.3 is 14.5 Å². The monoisotopic (exact) mass is 386 g/mol. The number of anilines is 1. The van der Waals surface area contributed by atoms with Crippen molar-refractivity contribution in [2.75, 3.05) is 31.1 Å². The maximum Gasteiger partial charge on any atom is 0.227 e. The quantitative estimate of drug-likeness (QED) is 0.638. The van der Waals surface area contributed by atoms with Gasteiger partial charge in [-0.05, 0) is 54.4 Å². The number of piperazine rings is 1. The second-order valence-electron chi connectivity index (χ2n) is 7.38. The number of para-hydroxylation sites is 1. The van der Waals surface area contributed by atoms with Crippen LogP contribution < -0.4 is 9.64 Å². The first-order valence-corrected chi connectivity index (χ1v) is 10.1. The molecule has 0 bridgehead atoms. The van der Waals surface area contributed by atoms with Gasteiger partial charge in [0, 0.05) is 31.9 Å². The Bertz CT molecular complexity index is 946. The molecule has 1 saturated heterocycles. The fourth-order valence-corrected chi connectivity index (χ4v) is 3.65. The second-order valence-corrected chi connectivity index (χ2v) is 7.38. The number of hydrogen-bond acceptors (Lipinski definition) is 3. The Morgan fingerprint density at radius 1 is 0.793 bits per heavy atom. The lowest BCUT2D eigenvalue weighted by Gasteiger charge is -2.36. The molecule has 1 heterocycles. The van der Waals surface area contributed by atoms with E-state index in [1.54, 1.807) is 0 Å². The lowest BCUT2D eigenvalue weighted by molar-refractivity contribution is -0.130. The Morgan fingerprint density at radius 3 is 2.10 bits per heavy atom. The van der Waals surface area contributed by atoms with Gasteiger partial charge in [-0.15, -0.1) is 0 Å². The molecule has 1 amide bonds. The van der Waals surface area contributed by atoms with Gasteiger partial charge in [0.1, 0.15) is 11.5 Å². The van der Waals surface area contributed by atoms with Gasteiger partial charge in [0.25, 0.3) is 0 Å². The van der Waals surface area contributed by atoms with Crippen molar-refractivity contribution in [2.24, 2.45) is 0 Å². The predicted octanol–water partition coefficient (Wildman–Crippen LogP) is 4.68. The molecule has 0 aromatic heterocycles. The number of rotatable bonds is 5. The Labute approximate surface area is 172 Å². The largest absolute Gasteiger partial charge is 0.457 e. The summed E-state index contributed by atoms with van der Waals surface area (Å²) in [5.74, 6) is 1.87. The highest BCUT2D eigenvalue weighted by atomic mass is 16.5. The average Bonchev–Trinajstić information content (AvgIpc) is 2.77. The first-order chi connectivity index (χ1) is 14.2. The highest BCUT2D eigenvalue weighted by Crippen LogP contribution is 2.25. The van der Waals surface area contributed by atoms with Gasteiger partial charge in [-0.3, -0.25) is 4.79 Å². The van der Waals surface area contributed by atoms with Crippen LogP contribution in [0, 0.1) is 6.92 Å². The van der Waals surface area contributed by atoms with Gasteiger partial charge in [0.15, 0.2) is 0 Å². The smallest absolute Gasteiger partial charge is 0.227 e. The summed E-state index contributed by atoms with van der Waals surface area (Å²) in [7, 11) is 0. The number of carbonyl (C=O) groups excluding carboxylic acids is 1. The molecule has 1 aliphatic heterocycles. The molecule has 3 aromatic carbocycles. The van der Waals surface area contributed by atoms with E-state index in [-0.39, 0.29) is 5.91 Å². The number of benzene rings is 3. The zero-order valence-electron chi connectivity index (χ0n) is 16.8. The van der Waals surface area contributed by atoms with Crippen LogP contribution in [-0.2, 0) is 11.2 Å². The van der Waals surface area contributed by atoms with E-state index in [2.05, 4.69) is 30.0 Å². The summed E-state index contributed by atoms with van der Waals surface area (Å²) in [4.78, 5) is 17.0. The lowest BCUT2D eigenvalue weighted by Crippen LogP contribution is -2.49. The topological polar surface area (TPSA) is 32.8 Å². The maximum atomic E-state index is 12.7. The number of aryl methyl sites for hydroxylation is 1. The molecule has 148 valence electrons. The molecule has 0 radical (unpaired) electrons. The van der Waals surface area contributed by atoms with Crippen LogP contribution in [0.5, 0.6) is 11.5 Å². The Balaban J connectivity index is 1.31. The van der Waals surface area contributed by atoms with Crippen molar-refractivity contribution in [1.29, 1.82) is 0 Å². The summed E-state index contributed by atoms with van der Waals surface area (Å²) in [6.45, 7) is 5.27. The van der Waals surface area contributed by atoms with Crippen molar-refractivity contribution in [1.82, 2.24) is 4.90 Å². The highest BCUT2D eigenvalue weighted by Gasteiger charge is 2.21. The summed E-state index contributed by atoms with van der Waals surface area (Å²) in [5, 5.41) is 0. The third-order valence-corrected chi connectivity index (χ3v) is 5.42. The first kappa shape index (κ1) is 19.1. The van der Waals surface area contributed by atoms with Crippen molar-refractivity contribution in [3.05, 3.63) is 90.0 Å². The molecular formula is C25H26N2O2. The van der Waals surface area contributed by atoms with Crippen LogP contribution in [0.25, 0.3) is 0 Å². The van der Waals surface area contributed by atoms with Crippen molar-refractivity contribution in [3.63, 3.8) is 0 Å². The van der Waals surface area contributed by atoms with Crippen LogP contribution in [0.4, 0.5) is 5.69 Å². The van der Waals surface area contributed by atoms with Gasteiger partial charge >= 0.3 is 0 Å². The van der Waals surface area contributed by atoms with E-state index in [0.29, 0.717) is 6.42 Å². The standard InChI is InChI=1S/C25H26N2O2/c1-20-7-5-6-8-21(20)19-25(28)27-17-15-26(16-18-27)22-11-13-24(14-12-22)29-23-9-3-2-4-10-23/h2-14H,15-19H2,1H3. The van der Waals surface area contributed by atoms with E-state index in [0.717, 1.165) is 48.9 Å². The molecule has 3 aromatic rings. The second kappa shape index (κ2) is 8.82. The minimum absolute atomic E-state index is 0.213. The van der Waals surface area contributed by atoms with Crippen LogP contribution in [0.3, 0.4) is 0 Å². The molecule has 0 unspecified atom stereocenters. The molecule has 4 rings (SSSR count). The molecular weight excluding hydrogens is 360 g/mol. The van der Waals surface area contributed by atoms with Crippen LogP contribution in [0.2, 0.25) is 0 Å². The van der Waals surface area contributed by atoms with E-state index in [1.807, 2.05) is 65.6 Å². The molecule has 29 heavy (non-hydrogen) atoms. The third-order valence-electron chi connectivity index (χ3n) is 5.42.